The second-order valence-electron chi connectivity index (χ2n) is 7.67. The highest BCUT2D eigenvalue weighted by atomic mass is 35.5. The SMILES string of the molecule is COc1ccc(Cl)cc1NC(=O)CN(C)C(C)C(=O)N1CC(C)CC(C)C1. The van der Waals surface area contributed by atoms with E-state index in [2.05, 4.69) is 19.2 Å². The number of hydrogen-bond donors (Lipinski definition) is 1. The van der Waals surface area contributed by atoms with Gasteiger partial charge in [-0.3, -0.25) is 14.5 Å². The lowest BCUT2D eigenvalue weighted by atomic mass is 9.91. The van der Waals surface area contributed by atoms with Gasteiger partial charge in [-0.2, -0.15) is 0 Å². The zero-order chi connectivity index (χ0) is 20.1. The molecule has 0 aromatic heterocycles. The molecule has 1 aromatic carbocycles. The first kappa shape index (κ1) is 21.5. The van der Waals surface area contributed by atoms with Gasteiger partial charge in [-0.05, 0) is 50.4 Å². The summed E-state index contributed by atoms with van der Waals surface area (Å²) in [6.07, 6.45) is 1.15. The molecule has 3 unspecified atom stereocenters. The fraction of sp³-hybridized carbons (Fsp3) is 0.600. The number of anilines is 1. The van der Waals surface area contributed by atoms with Gasteiger partial charge in [0.1, 0.15) is 5.75 Å². The summed E-state index contributed by atoms with van der Waals surface area (Å²) in [5.41, 5.74) is 0.515. The summed E-state index contributed by atoms with van der Waals surface area (Å²) in [5, 5.41) is 3.32. The number of nitrogens with one attached hydrogen (secondary N) is 1. The number of likely N-dealkylation sites (tertiary alicyclic amines) is 1. The van der Waals surface area contributed by atoms with E-state index in [-0.39, 0.29) is 24.4 Å². The Labute approximate surface area is 166 Å². The molecule has 1 fully saturated rings. The van der Waals surface area contributed by atoms with Crippen LogP contribution in [0.2, 0.25) is 5.02 Å². The van der Waals surface area contributed by atoms with Gasteiger partial charge in [-0.15, -0.1) is 0 Å². The summed E-state index contributed by atoms with van der Waals surface area (Å²) < 4.78 is 5.24. The van der Waals surface area contributed by atoms with Gasteiger partial charge in [0.15, 0.2) is 0 Å². The van der Waals surface area contributed by atoms with Crippen LogP contribution < -0.4 is 10.1 Å². The number of halogens is 1. The molecule has 150 valence electrons. The minimum Gasteiger partial charge on any atom is -0.495 e. The van der Waals surface area contributed by atoms with Gasteiger partial charge in [-0.25, -0.2) is 0 Å². The smallest absolute Gasteiger partial charge is 0.239 e. The molecule has 1 aliphatic rings. The van der Waals surface area contributed by atoms with Crippen molar-refractivity contribution in [2.45, 2.75) is 33.2 Å². The molecule has 2 rings (SSSR count). The van der Waals surface area contributed by atoms with Gasteiger partial charge < -0.3 is 15.0 Å². The molecule has 0 bridgehead atoms. The lowest BCUT2D eigenvalue weighted by molar-refractivity contribution is -0.139. The normalized spacial score (nSPS) is 21.1. The van der Waals surface area contributed by atoms with E-state index in [0.717, 1.165) is 19.5 Å². The largest absolute Gasteiger partial charge is 0.495 e. The van der Waals surface area contributed by atoms with Crippen molar-refractivity contribution in [1.82, 2.24) is 9.80 Å². The number of benzene rings is 1. The van der Waals surface area contributed by atoms with Crippen molar-refractivity contribution in [3.8, 4) is 5.75 Å². The lowest BCUT2D eigenvalue weighted by Crippen LogP contribution is -2.51. The van der Waals surface area contributed by atoms with E-state index in [9.17, 15) is 9.59 Å². The average Bonchev–Trinajstić information content (AvgIpc) is 2.59. The summed E-state index contributed by atoms with van der Waals surface area (Å²) in [7, 11) is 3.32. The van der Waals surface area contributed by atoms with Crippen LogP contribution in [0.3, 0.4) is 0 Å². The Balaban J connectivity index is 1.95. The fourth-order valence-corrected chi connectivity index (χ4v) is 3.80. The van der Waals surface area contributed by atoms with Crippen LogP contribution in [0, 0.1) is 11.8 Å². The number of nitrogens with zero attached hydrogens (tertiary/aromatic N) is 2. The Kier molecular flexibility index (Phi) is 7.50. The molecular weight excluding hydrogens is 366 g/mol. The highest BCUT2D eigenvalue weighted by Crippen LogP contribution is 2.27. The van der Waals surface area contributed by atoms with E-state index in [1.54, 1.807) is 30.1 Å². The Morgan fingerprint density at radius 1 is 1.33 bits per heavy atom. The molecule has 0 saturated carbocycles. The molecule has 2 amide bonds. The number of piperidine rings is 1. The van der Waals surface area contributed by atoms with Crippen molar-refractivity contribution in [2.24, 2.45) is 11.8 Å². The standard InChI is InChI=1S/C20H30ClN3O3/c1-13-8-14(2)11-24(10-13)20(26)15(3)23(4)12-19(25)22-17-9-16(21)6-7-18(17)27-5/h6-7,9,13-15H,8,10-12H2,1-5H3,(H,22,25). The maximum absolute atomic E-state index is 12.8. The maximum atomic E-state index is 12.8. The Hall–Kier alpha value is -1.79. The number of hydrogen-bond acceptors (Lipinski definition) is 4. The van der Waals surface area contributed by atoms with Crippen LogP contribution in [0.25, 0.3) is 0 Å². The third-order valence-corrected chi connectivity index (χ3v) is 5.26. The monoisotopic (exact) mass is 395 g/mol. The second-order valence-corrected chi connectivity index (χ2v) is 8.11. The van der Waals surface area contributed by atoms with E-state index in [0.29, 0.717) is 28.3 Å². The number of likely N-dealkylation sites (N-methyl/N-ethyl adjacent to an activating group) is 1. The lowest BCUT2D eigenvalue weighted by Gasteiger charge is -2.38. The molecule has 1 aromatic rings. The molecule has 0 radical (unpaired) electrons. The molecule has 0 aliphatic carbocycles. The average molecular weight is 396 g/mol. The van der Waals surface area contributed by atoms with Gasteiger partial charge in [0.2, 0.25) is 11.8 Å². The molecule has 27 heavy (non-hydrogen) atoms. The van der Waals surface area contributed by atoms with Gasteiger partial charge in [0, 0.05) is 18.1 Å². The maximum Gasteiger partial charge on any atom is 0.239 e. The van der Waals surface area contributed by atoms with Crippen LogP contribution in [0.5, 0.6) is 5.75 Å². The molecule has 7 heteroatoms. The molecular formula is C20H30ClN3O3. The van der Waals surface area contributed by atoms with Gasteiger partial charge in [0.05, 0.1) is 25.4 Å². The predicted octanol–water partition coefficient (Wildman–Crippen LogP) is 3.11. The Morgan fingerprint density at radius 3 is 2.56 bits per heavy atom. The summed E-state index contributed by atoms with van der Waals surface area (Å²) in [6.45, 7) is 7.87. The number of methoxy groups -OCH3 is 1. The molecule has 1 N–H and O–H groups in total. The van der Waals surface area contributed by atoms with Crippen molar-refractivity contribution in [3.05, 3.63) is 23.2 Å². The highest BCUT2D eigenvalue weighted by molar-refractivity contribution is 6.31. The van der Waals surface area contributed by atoms with Crippen LogP contribution >= 0.6 is 11.6 Å². The van der Waals surface area contributed by atoms with Gasteiger partial charge in [-0.1, -0.05) is 25.4 Å². The van der Waals surface area contributed by atoms with Crippen molar-refractivity contribution >= 4 is 29.1 Å². The van der Waals surface area contributed by atoms with E-state index in [1.165, 1.54) is 7.11 Å². The van der Waals surface area contributed by atoms with E-state index in [4.69, 9.17) is 16.3 Å². The van der Waals surface area contributed by atoms with Gasteiger partial charge >= 0.3 is 0 Å². The first-order chi connectivity index (χ1) is 12.7. The minimum atomic E-state index is -0.366. The molecule has 1 heterocycles. The number of amides is 2. The highest BCUT2D eigenvalue weighted by Gasteiger charge is 2.30. The molecule has 3 atom stereocenters. The topological polar surface area (TPSA) is 61.9 Å². The number of rotatable bonds is 6. The van der Waals surface area contributed by atoms with E-state index >= 15 is 0 Å². The van der Waals surface area contributed by atoms with Crippen molar-refractivity contribution in [3.63, 3.8) is 0 Å². The first-order valence-corrected chi connectivity index (χ1v) is 9.71. The van der Waals surface area contributed by atoms with Crippen molar-refractivity contribution in [1.29, 1.82) is 0 Å². The molecule has 0 spiro atoms. The zero-order valence-electron chi connectivity index (χ0n) is 16.8. The van der Waals surface area contributed by atoms with Crippen molar-refractivity contribution in [2.75, 3.05) is 39.1 Å². The van der Waals surface area contributed by atoms with Crippen LogP contribution in [0.1, 0.15) is 27.2 Å². The zero-order valence-corrected chi connectivity index (χ0v) is 17.5. The van der Waals surface area contributed by atoms with Crippen LogP contribution in [0.15, 0.2) is 18.2 Å². The van der Waals surface area contributed by atoms with Gasteiger partial charge in [0.25, 0.3) is 0 Å². The molecule has 6 nitrogen and oxygen atoms in total. The van der Waals surface area contributed by atoms with Crippen LogP contribution in [-0.2, 0) is 9.59 Å². The van der Waals surface area contributed by atoms with Crippen LogP contribution in [-0.4, -0.2) is 61.4 Å². The van der Waals surface area contributed by atoms with E-state index in [1.807, 2.05) is 11.8 Å². The van der Waals surface area contributed by atoms with Crippen LogP contribution in [0.4, 0.5) is 5.69 Å². The summed E-state index contributed by atoms with van der Waals surface area (Å²) in [6, 6.07) is 4.67. The first-order valence-electron chi connectivity index (χ1n) is 9.33. The number of carbonyl (C=O) groups excluding carboxylic acids is 2. The quantitative estimate of drug-likeness (QED) is 0.803. The number of carbonyl (C=O) groups is 2. The summed E-state index contributed by atoms with van der Waals surface area (Å²) in [4.78, 5) is 29.0. The Bertz CT molecular complexity index is 672. The fourth-order valence-electron chi connectivity index (χ4n) is 3.63. The number of ether oxygens (including phenoxy) is 1. The molecule has 1 aliphatic heterocycles. The van der Waals surface area contributed by atoms with E-state index < -0.39 is 0 Å². The third kappa shape index (κ3) is 5.84. The third-order valence-electron chi connectivity index (χ3n) is 5.03. The minimum absolute atomic E-state index is 0.0732. The van der Waals surface area contributed by atoms with Crippen molar-refractivity contribution < 1.29 is 14.3 Å². The second kappa shape index (κ2) is 9.42. The summed E-state index contributed by atoms with van der Waals surface area (Å²) in [5.74, 6) is 1.40. The Morgan fingerprint density at radius 2 is 1.96 bits per heavy atom. The summed E-state index contributed by atoms with van der Waals surface area (Å²) >= 11 is 6.00. The predicted molar refractivity (Wildman–Crippen MR) is 108 cm³/mol. The molecule has 1 saturated heterocycles.